The van der Waals surface area contributed by atoms with Crippen molar-refractivity contribution in [1.29, 1.82) is 0 Å². The third kappa shape index (κ3) is 5.62. The Morgan fingerprint density at radius 3 is 2.65 bits per heavy atom. The van der Waals surface area contributed by atoms with Gasteiger partial charge >= 0.3 is 6.18 Å². The number of nitrogens with zero attached hydrogens (tertiary/aromatic N) is 4. The minimum absolute atomic E-state index is 0.00170. The fourth-order valence-corrected chi connectivity index (χ4v) is 4.61. The quantitative estimate of drug-likeness (QED) is 0.413. The summed E-state index contributed by atoms with van der Waals surface area (Å²) in [5, 5.41) is 12.3. The molecule has 2 aromatic carbocycles. The molecular formula is C26H24BrF3N6O. The lowest BCUT2D eigenvalue weighted by molar-refractivity contribution is -0.178. The van der Waals surface area contributed by atoms with E-state index in [0.717, 1.165) is 28.1 Å². The third-order valence-corrected chi connectivity index (χ3v) is 6.54. The summed E-state index contributed by atoms with van der Waals surface area (Å²) in [6.07, 6.45) is -5.75. The highest BCUT2D eigenvalue weighted by atomic mass is 79.9. The van der Waals surface area contributed by atoms with Crippen LogP contribution in [0.15, 0.2) is 81.4 Å². The number of alkyl halides is 3. The van der Waals surface area contributed by atoms with Gasteiger partial charge in [-0.25, -0.2) is 5.01 Å². The van der Waals surface area contributed by atoms with Gasteiger partial charge < -0.3 is 10.1 Å². The van der Waals surface area contributed by atoms with E-state index in [1.807, 2.05) is 37.3 Å². The number of aromatic nitrogens is 1. The molecule has 0 radical (unpaired) electrons. The normalized spacial score (nSPS) is 17.3. The van der Waals surface area contributed by atoms with Crippen molar-refractivity contribution in [1.82, 2.24) is 20.7 Å². The summed E-state index contributed by atoms with van der Waals surface area (Å²) in [6.45, 7) is 2.87. The van der Waals surface area contributed by atoms with Crippen LogP contribution in [0.5, 0.6) is 0 Å². The molecule has 0 bridgehead atoms. The van der Waals surface area contributed by atoms with E-state index in [-0.39, 0.29) is 24.4 Å². The van der Waals surface area contributed by atoms with E-state index in [1.54, 1.807) is 24.3 Å². The van der Waals surface area contributed by atoms with Crippen molar-refractivity contribution in [3.05, 3.63) is 99.3 Å². The molecule has 5 rings (SSSR count). The average molecular weight is 573 g/mol. The van der Waals surface area contributed by atoms with Crippen LogP contribution in [0.25, 0.3) is 0 Å². The molecule has 2 N–H and O–H groups in total. The van der Waals surface area contributed by atoms with Crippen LogP contribution in [0, 0.1) is 0 Å². The smallest absolute Gasteiger partial charge is 0.430 e. The van der Waals surface area contributed by atoms with Crippen LogP contribution in [0.3, 0.4) is 0 Å². The first-order chi connectivity index (χ1) is 17.8. The summed E-state index contributed by atoms with van der Waals surface area (Å²) in [6, 6.07) is 20.8. The molecule has 2 aliphatic rings. The van der Waals surface area contributed by atoms with Crippen molar-refractivity contribution < 1.29 is 17.9 Å². The zero-order valence-electron chi connectivity index (χ0n) is 19.8. The molecule has 1 unspecified atom stereocenters. The summed E-state index contributed by atoms with van der Waals surface area (Å²) >= 11 is 3.49. The molecule has 0 fully saturated rings. The van der Waals surface area contributed by atoms with Gasteiger partial charge in [-0.05, 0) is 55.8 Å². The lowest BCUT2D eigenvalue weighted by Gasteiger charge is -2.28. The number of hydrogen-bond acceptors (Lipinski definition) is 7. The maximum absolute atomic E-state index is 13.5. The predicted molar refractivity (Wildman–Crippen MR) is 138 cm³/mol. The fraction of sp³-hybridized carbons (Fsp3) is 0.269. The lowest BCUT2D eigenvalue weighted by atomic mass is 10.0. The summed E-state index contributed by atoms with van der Waals surface area (Å²) in [7, 11) is 0. The largest absolute Gasteiger partial charge is 0.470 e. The highest BCUT2D eigenvalue weighted by molar-refractivity contribution is 9.10. The Labute approximate surface area is 220 Å². The van der Waals surface area contributed by atoms with Gasteiger partial charge in [0.1, 0.15) is 6.61 Å². The first kappa shape index (κ1) is 25.2. The molecule has 3 aromatic rings. The molecule has 37 heavy (non-hydrogen) atoms. The molecule has 0 aliphatic carbocycles. The van der Waals surface area contributed by atoms with Crippen molar-refractivity contribution in [3.63, 3.8) is 0 Å². The zero-order valence-corrected chi connectivity index (χ0v) is 21.4. The standard InChI is InChI=1S/C26H24BrF3N6O/c1-16(31-13-12-17-6-4-7-18(27)14-17)22-11-5-8-19(32-22)15-37-24-21-10-3-2-9-20(21)23-33-34-25(26(28,29)30)36(23)35-24/h2-11,14,16,25,31,34H,12-13,15H2,1H3/t16-,25?/m0/s1. The van der Waals surface area contributed by atoms with Crippen LogP contribution < -0.4 is 10.7 Å². The van der Waals surface area contributed by atoms with Crippen molar-refractivity contribution in [3.8, 4) is 0 Å². The van der Waals surface area contributed by atoms with Gasteiger partial charge in [0, 0.05) is 21.6 Å². The van der Waals surface area contributed by atoms with E-state index in [2.05, 4.69) is 49.0 Å². The van der Waals surface area contributed by atoms with Crippen molar-refractivity contribution >= 4 is 27.7 Å². The van der Waals surface area contributed by atoms with Crippen molar-refractivity contribution in [2.45, 2.75) is 38.3 Å². The first-order valence-corrected chi connectivity index (χ1v) is 12.5. The van der Waals surface area contributed by atoms with E-state index in [4.69, 9.17) is 9.72 Å². The van der Waals surface area contributed by atoms with Gasteiger partial charge in [0.25, 0.3) is 0 Å². The molecule has 11 heteroatoms. The summed E-state index contributed by atoms with van der Waals surface area (Å²) < 4.78 is 47.5. The molecule has 192 valence electrons. The van der Waals surface area contributed by atoms with E-state index in [9.17, 15) is 13.2 Å². The Morgan fingerprint density at radius 2 is 1.86 bits per heavy atom. The molecule has 0 spiro atoms. The van der Waals surface area contributed by atoms with Crippen LogP contribution in [0.1, 0.15) is 41.0 Å². The topological polar surface area (TPSA) is 74.1 Å². The number of amidine groups is 1. The number of rotatable bonds is 7. The minimum Gasteiger partial charge on any atom is -0.470 e. The Bertz CT molecular complexity index is 1350. The van der Waals surface area contributed by atoms with Gasteiger partial charge in [-0.3, -0.25) is 10.4 Å². The van der Waals surface area contributed by atoms with E-state index in [0.29, 0.717) is 16.8 Å². The van der Waals surface area contributed by atoms with Gasteiger partial charge in [-0.1, -0.05) is 52.3 Å². The Hall–Kier alpha value is -3.44. The molecule has 3 heterocycles. The number of nitrogens with one attached hydrogen (secondary N) is 2. The van der Waals surface area contributed by atoms with E-state index in [1.165, 1.54) is 5.56 Å². The highest BCUT2D eigenvalue weighted by Crippen LogP contribution is 2.32. The number of benzene rings is 2. The second kappa shape index (κ2) is 10.5. The number of fused-ring (bicyclic) bond motifs is 3. The minimum atomic E-state index is -4.57. The van der Waals surface area contributed by atoms with Crippen LogP contribution in [0.4, 0.5) is 13.2 Å². The Kier molecular flexibility index (Phi) is 7.16. The fourth-order valence-electron chi connectivity index (χ4n) is 4.17. The predicted octanol–water partition coefficient (Wildman–Crippen LogP) is 5.08. The summed E-state index contributed by atoms with van der Waals surface area (Å²) in [5.41, 5.74) is 5.93. The molecular weight excluding hydrogens is 549 g/mol. The summed E-state index contributed by atoms with van der Waals surface area (Å²) in [5.74, 6) is 0.188. The molecule has 2 aliphatic heterocycles. The molecule has 0 saturated heterocycles. The number of ether oxygens (including phenoxy) is 1. The summed E-state index contributed by atoms with van der Waals surface area (Å²) in [4.78, 5) is 4.69. The van der Waals surface area contributed by atoms with Crippen molar-refractivity contribution in [2.24, 2.45) is 10.2 Å². The van der Waals surface area contributed by atoms with Gasteiger partial charge in [0.15, 0.2) is 5.84 Å². The van der Waals surface area contributed by atoms with Crippen LogP contribution in [-0.4, -0.2) is 40.6 Å². The first-order valence-electron chi connectivity index (χ1n) is 11.7. The zero-order chi connectivity index (χ0) is 26.0. The van der Waals surface area contributed by atoms with Gasteiger partial charge in [-0.15, -0.1) is 5.10 Å². The maximum Gasteiger partial charge on any atom is 0.430 e. The number of hydrazone groups is 2. The molecule has 0 amide bonds. The SMILES string of the molecule is C[C@H](NCCc1cccc(Br)c1)c1cccc(COC2=NN3C(=NNC3C(F)(F)F)c3ccccc32)n1. The molecule has 0 saturated carbocycles. The van der Waals surface area contributed by atoms with E-state index >= 15 is 0 Å². The number of hydrogen-bond donors (Lipinski definition) is 2. The second-order valence-corrected chi connectivity index (χ2v) is 9.62. The molecule has 2 atom stereocenters. The van der Waals surface area contributed by atoms with Crippen molar-refractivity contribution in [2.75, 3.05) is 6.54 Å². The third-order valence-electron chi connectivity index (χ3n) is 6.04. The Balaban J connectivity index is 1.26. The number of halogens is 4. The van der Waals surface area contributed by atoms with Crippen LogP contribution in [0.2, 0.25) is 0 Å². The Morgan fingerprint density at radius 1 is 1.08 bits per heavy atom. The van der Waals surface area contributed by atoms with Gasteiger partial charge in [0.05, 0.1) is 11.4 Å². The van der Waals surface area contributed by atoms with Gasteiger partial charge in [-0.2, -0.15) is 18.3 Å². The number of pyridine rings is 1. The van der Waals surface area contributed by atoms with Crippen LogP contribution >= 0.6 is 15.9 Å². The maximum atomic E-state index is 13.5. The molecule has 1 aromatic heterocycles. The second-order valence-electron chi connectivity index (χ2n) is 8.70. The van der Waals surface area contributed by atoms with E-state index < -0.39 is 12.3 Å². The lowest BCUT2D eigenvalue weighted by Crippen LogP contribution is -2.49. The average Bonchev–Trinajstić information content (AvgIpc) is 3.32. The molecule has 7 nitrogen and oxygen atoms in total. The monoisotopic (exact) mass is 572 g/mol. The van der Waals surface area contributed by atoms with Crippen LogP contribution in [-0.2, 0) is 17.8 Å². The van der Waals surface area contributed by atoms with Gasteiger partial charge in [0.2, 0.25) is 12.1 Å². The highest BCUT2D eigenvalue weighted by Gasteiger charge is 2.50.